The van der Waals surface area contributed by atoms with Crippen LogP contribution < -0.4 is 5.32 Å². The van der Waals surface area contributed by atoms with Crippen LogP contribution in [0.15, 0.2) is 64.6 Å². The number of anilines is 1. The number of likely N-dealkylation sites (tertiary alicyclic amines) is 1. The molecular weight excluding hydrogens is 364 g/mol. The van der Waals surface area contributed by atoms with Crippen molar-refractivity contribution in [1.29, 1.82) is 0 Å². The second kappa shape index (κ2) is 8.31. The molecule has 1 fully saturated rings. The van der Waals surface area contributed by atoms with Gasteiger partial charge in [0, 0.05) is 18.7 Å². The van der Waals surface area contributed by atoms with E-state index in [1.165, 1.54) is 16.7 Å². The van der Waals surface area contributed by atoms with Crippen molar-refractivity contribution in [3.63, 3.8) is 0 Å². The Bertz CT molecular complexity index is 1030. The first-order valence-electron chi connectivity index (χ1n) is 9.80. The van der Waals surface area contributed by atoms with Crippen LogP contribution in [-0.2, 0) is 0 Å². The van der Waals surface area contributed by atoms with Crippen LogP contribution in [0.2, 0.25) is 0 Å². The van der Waals surface area contributed by atoms with E-state index in [1.807, 2.05) is 30.3 Å². The first kappa shape index (κ1) is 18.9. The SMILES string of the molecule is Cc1cccc(/C=C2\CCN(C(=O)Nc3nnc(-c4ccccc4)o3)CC2C)c1. The van der Waals surface area contributed by atoms with E-state index in [0.717, 1.165) is 12.0 Å². The van der Waals surface area contributed by atoms with Crippen LogP contribution in [0.5, 0.6) is 0 Å². The Balaban J connectivity index is 1.38. The first-order chi connectivity index (χ1) is 14.1. The highest BCUT2D eigenvalue weighted by Gasteiger charge is 2.25. The molecule has 2 aromatic carbocycles. The third-order valence-electron chi connectivity index (χ3n) is 5.14. The molecule has 2 heterocycles. The summed E-state index contributed by atoms with van der Waals surface area (Å²) < 4.78 is 5.58. The third-order valence-corrected chi connectivity index (χ3v) is 5.14. The fourth-order valence-electron chi connectivity index (χ4n) is 3.56. The number of nitrogens with one attached hydrogen (secondary N) is 1. The maximum absolute atomic E-state index is 12.6. The molecule has 0 bridgehead atoms. The molecule has 1 aliphatic rings. The molecule has 148 valence electrons. The van der Waals surface area contributed by atoms with Crippen molar-refractivity contribution in [2.24, 2.45) is 5.92 Å². The van der Waals surface area contributed by atoms with E-state index in [0.29, 0.717) is 19.0 Å². The number of nitrogens with zero attached hydrogens (tertiary/aromatic N) is 3. The van der Waals surface area contributed by atoms with E-state index in [4.69, 9.17) is 4.42 Å². The first-order valence-corrected chi connectivity index (χ1v) is 9.80. The van der Waals surface area contributed by atoms with Crippen molar-refractivity contribution in [2.45, 2.75) is 20.3 Å². The zero-order valence-corrected chi connectivity index (χ0v) is 16.6. The summed E-state index contributed by atoms with van der Waals surface area (Å²) in [6.45, 7) is 5.57. The number of carbonyl (C=O) groups excluding carboxylic acids is 1. The molecule has 1 atom stereocenters. The standard InChI is InChI=1S/C23H24N4O2/c1-16-7-6-8-18(13-16)14-20-11-12-27(15-17(20)2)23(28)24-22-26-25-21(29-22)19-9-4-3-5-10-19/h3-10,13-14,17H,11-12,15H2,1-2H3,(H,24,26,28)/b20-14+. The normalized spacial score (nSPS) is 18.1. The van der Waals surface area contributed by atoms with Gasteiger partial charge in [-0.2, -0.15) is 0 Å². The minimum Gasteiger partial charge on any atom is -0.403 e. The van der Waals surface area contributed by atoms with E-state index in [9.17, 15) is 4.79 Å². The number of aromatic nitrogens is 2. The van der Waals surface area contributed by atoms with Crippen LogP contribution in [0, 0.1) is 12.8 Å². The molecule has 1 saturated heterocycles. The van der Waals surface area contributed by atoms with Crippen LogP contribution in [-0.4, -0.2) is 34.2 Å². The van der Waals surface area contributed by atoms with Gasteiger partial charge in [0.25, 0.3) is 0 Å². The fourth-order valence-corrected chi connectivity index (χ4v) is 3.56. The summed E-state index contributed by atoms with van der Waals surface area (Å²) >= 11 is 0. The second-order valence-corrected chi connectivity index (χ2v) is 7.44. The van der Waals surface area contributed by atoms with Crippen LogP contribution in [0.4, 0.5) is 10.8 Å². The van der Waals surface area contributed by atoms with Gasteiger partial charge in [0.15, 0.2) is 0 Å². The van der Waals surface area contributed by atoms with E-state index in [2.05, 4.69) is 59.7 Å². The number of rotatable bonds is 3. The van der Waals surface area contributed by atoms with Crippen LogP contribution in [0.25, 0.3) is 17.5 Å². The minimum atomic E-state index is -0.213. The molecule has 0 aliphatic carbocycles. The molecule has 1 aliphatic heterocycles. The van der Waals surface area contributed by atoms with Gasteiger partial charge in [-0.3, -0.25) is 5.32 Å². The summed E-state index contributed by atoms with van der Waals surface area (Å²) in [5.74, 6) is 0.675. The topological polar surface area (TPSA) is 71.3 Å². The van der Waals surface area contributed by atoms with Crippen molar-refractivity contribution in [1.82, 2.24) is 15.1 Å². The molecule has 6 nitrogen and oxygen atoms in total. The number of urea groups is 1. The summed E-state index contributed by atoms with van der Waals surface area (Å²) in [5, 5.41) is 10.7. The number of hydrogen-bond acceptors (Lipinski definition) is 4. The van der Waals surface area contributed by atoms with Gasteiger partial charge >= 0.3 is 12.0 Å². The lowest BCUT2D eigenvalue weighted by atomic mass is 9.91. The lowest BCUT2D eigenvalue weighted by molar-refractivity contribution is 0.197. The lowest BCUT2D eigenvalue weighted by Crippen LogP contribution is -2.42. The third kappa shape index (κ3) is 4.54. The Morgan fingerprint density at radius 3 is 2.76 bits per heavy atom. The Morgan fingerprint density at radius 1 is 1.17 bits per heavy atom. The quantitative estimate of drug-likeness (QED) is 0.685. The van der Waals surface area contributed by atoms with Crippen LogP contribution in [0.1, 0.15) is 24.5 Å². The maximum atomic E-state index is 12.6. The summed E-state index contributed by atoms with van der Waals surface area (Å²) in [5.41, 5.74) is 4.64. The summed E-state index contributed by atoms with van der Waals surface area (Å²) in [6.07, 6.45) is 3.10. The number of benzene rings is 2. The highest BCUT2D eigenvalue weighted by molar-refractivity contribution is 5.87. The lowest BCUT2D eigenvalue weighted by Gasteiger charge is -2.32. The molecule has 2 amide bonds. The monoisotopic (exact) mass is 388 g/mol. The van der Waals surface area contributed by atoms with Crippen molar-refractivity contribution >= 4 is 18.1 Å². The molecule has 1 unspecified atom stereocenters. The second-order valence-electron chi connectivity index (χ2n) is 7.44. The molecule has 1 N–H and O–H groups in total. The highest BCUT2D eigenvalue weighted by Crippen LogP contribution is 2.26. The van der Waals surface area contributed by atoms with Gasteiger partial charge in [-0.05, 0) is 37.0 Å². The van der Waals surface area contributed by atoms with Crippen molar-refractivity contribution in [3.8, 4) is 11.5 Å². The van der Waals surface area contributed by atoms with Gasteiger partial charge in [0.1, 0.15) is 0 Å². The van der Waals surface area contributed by atoms with E-state index in [-0.39, 0.29) is 18.0 Å². The number of piperidine rings is 1. The predicted molar refractivity (Wildman–Crippen MR) is 113 cm³/mol. The molecule has 29 heavy (non-hydrogen) atoms. The summed E-state index contributed by atoms with van der Waals surface area (Å²) in [6, 6.07) is 17.8. The van der Waals surface area contributed by atoms with E-state index < -0.39 is 0 Å². The predicted octanol–water partition coefficient (Wildman–Crippen LogP) is 5.00. The largest absolute Gasteiger partial charge is 0.403 e. The Kier molecular flexibility index (Phi) is 5.42. The Hall–Kier alpha value is -3.41. The van der Waals surface area contributed by atoms with Gasteiger partial charge < -0.3 is 9.32 Å². The smallest absolute Gasteiger partial charge is 0.325 e. The average Bonchev–Trinajstić information content (AvgIpc) is 3.19. The van der Waals surface area contributed by atoms with Gasteiger partial charge in [0.2, 0.25) is 5.89 Å². The Labute approximate surface area is 170 Å². The number of amides is 2. The van der Waals surface area contributed by atoms with Gasteiger partial charge in [-0.1, -0.05) is 71.7 Å². The summed E-state index contributed by atoms with van der Waals surface area (Å²) in [4.78, 5) is 14.4. The Morgan fingerprint density at radius 2 is 2.00 bits per heavy atom. The number of carbonyl (C=O) groups is 1. The van der Waals surface area contributed by atoms with Crippen molar-refractivity contribution in [2.75, 3.05) is 18.4 Å². The fraction of sp³-hybridized carbons (Fsp3) is 0.261. The van der Waals surface area contributed by atoms with E-state index >= 15 is 0 Å². The van der Waals surface area contributed by atoms with Crippen LogP contribution in [0.3, 0.4) is 0 Å². The number of aryl methyl sites for hydroxylation is 1. The van der Waals surface area contributed by atoms with Gasteiger partial charge in [-0.25, -0.2) is 4.79 Å². The van der Waals surface area contributed by atoms with Crippen LogP contribution >= 0.6 is 0 Å². The van der Waals surface area contributed by atoms with Gasteiger partial charge in [-0.15, -0.1) is 5.10 Å². The average molecular weight is 388 g/mol. The van der Waals surface area contributed by atoms with Gasteiger partial charge in [0.05, 0.1) is 0 Å². The van der Waals surface area contributed by atoms with E-state index in [1.54, 1.807) is 4.90 Å². The minimum absolute atomic E-state index is 0.114. The zero-order chi connectivity index (χ0) is 20.2. The molecule has 1 aromatic heterocycles. The molecular formula is C23H24N4O2. The summed E-state index contributed by atoms with van der Waals surface area (Å²) in [7, 11) is 0. The molecule has 6 heteroatoms. The van der Waals surface area contributed by atoms with Crippen molar-refractivity contribution < 1.29 is 9.21 Å². The molecule has 0 spiro atoms. The van der Waals surface area contributed by atoms with Crippen molar-refractivity contribution in [3.05, 3.63) is 71.3 Å². The molecule has 3 aromatic rings. The molecule has 0 saturated carbocycles. The maximum Gasteiger partial charge on any atom is 0.325 e. The molecule has 4 rings (SSSR count). The highest BCUT2D eigenvalue weighted by atomic mass is 16.4. The zero-order valence-electron chi connectivity index (χ0n) is 16.6. The molecule has 0 radical (unpaired) electrons. The number of hydrogen-bond donors (Lipinski definition) is 1.